The fourth-order valence-corrected chi connectivity index (χ4v) is 3.29. The van der Waals surface area contributed by atoms with Crippen molar-refractivity contribution >= 4 is 21.7 Å². The Morgan fingerprint density at radius 2 is 1.61 bits per heavy atom. The van der Waals surface area contributed by atoms with Crippen LogP contribution in [0.3, 0.4) is 0 Å². The first-order chi connectivity index (χ1) is 10.6. The van der Waals surface area contributed by atoms with Gasteiger partial charge in [-0.2, -0.15) is 0 Å². The van der Waals surface area contributed by atoms with Crippen molar-refractivity contribution in [2.24, 2.45) is 0 Å². The zero-order chi connectivity index (χ0) is 17.8. The quantitative estimate of drug-likeness (QED) is 0.738. The summed E-state index contributed by atoms with van der Waals surface area (Å²) in [4.78, 5) is 25.8. The molecule has 0 aromatic heterocycles. The predicted octanol–water partition coefficient (Wildman–Crippen LogP) is 1.89. The number of carbonyl (C=O) groups is 2. The second kappa shape index (κ2) is 7.59. The number of sulfone groups is 1. The maximum Gasteiger partial charge on any atom is 0.339 e. The van der Waals surface area contributed by atoms with E-state index in [1.165, 1.54) is 18.2 Å². The van der Waals surface area contributed by atoms with Crippen molar-refractivity contribution < 1.29 is 22.7 Å². The SMILES string of the molecule is CC(C)N(C(=O)COC(=O)c1ccccc1S(C)(=O)=O)C(C)C. The molecule has 1 amide bonds. The summed E-state index contributed by atoms with van der Waals surface area (Å²) in [6.07, 6.45) is 1.02. The molecule has 0 heterocycles. The molecule has 7 heteroatoms. The molecule has 23 heavy (non-hydrogen) atoms. The zero-order valence-corrected chi connectivity index (χ0v) is 14.9. The number of amides is 1. The third-order valence-corrected chi connectivity index (χ3v) is 4.39. The van der Waals surface area contributed by atoms with Gasteiger partial charge in [-0.1, -0.05) is 12.1 Å². The van der Waals surface area contributed by atoms with E-state index in [0.717, 1.165) is 6.26 Å². The van der Waals surface area contributed by atoms with Crippen LogP contribution in [0.5, 0.6) is 0 Å². The molecule has 0 saturated carbocycles. The average molecular weight is 341 g/mol. The lowest BCUT2D eigenvalue weighted by molar-refractivity contribution is -0.138. The summed E-state index contributed by atoms with van der Waals surface area (Å²) >= 11 is 0. The van der Waals surface area contributed by atoms with E-state index >= 15 is 0 Å². The van der Waals surface area contributed by atoms with Gasteiger partial charge >= 0.3 is 5.97 Å². The highest BCUT2D eigenvalue weighted by molar-refractivity contribution is 7.90. The second-order valence-electron chi connectivity index (χ2n) is 5.83. The van der Waals surface area contributed by atoms with Crippen molar-refractivity contribution in [3.05, 3.63) is 29.8 Å². The van der Waals surface area contributed by atoms with E-state index in [2.05, 4.69) is 0 Å². The van der Waals surface area contributed by atoms with Gasteiger partial charge in [0.15, 0.2) is 16.4 Å². The Bertz CT molecular complexity index is 671. The van der Waals surface area contributed by atoms with Crippen molar-refractivity contribution in [1.82, 2.24) is 4.90 Å². The molecule has 0 aliphatic heterocycles. The fraction of sp³-hybridized carbons (Fsp3) is 0.500. The first-order valence-corrected chi connectivity index (χ1v) is 9.22. The minimum Gasteiger partial charge on any atom is -0.452 e. The number of nitrogens with zero attached hydrogens (tertiary/aromatic N) is 1. The first kappa shape index (κ1) is 19.2. The number of ether oxygens (including phenoxy) is 1. The maximum atomic E-state index is 12.2. The Balaban J connectivity index is 2.89. The third kappa shape index (κ3) is 5.06. The Kier molecular flexibility index (Phi) is 6.32. The number of carbonyl (C=O) groups excluding carboxylic acids is 2. The van der Waals surface area contributed by atoms with Gasteiger partial charge in [0.1, 0.15) is 0 Å². The van der Waals surface area contributed by atoms with E-state index in [0.29, 0.717) is 0 Å². The molecule has 1 aromatic rings. The topological polar surface area (TPSA) is 80.8 Å². The van der Waals surface area contributed by atoms with Gasteiger partial charge in [-0.3, -0.25) is 4.79 Å². The van der Waals surface area contributed by atoms with Crippen LogP contribution in [0.4, 0.5) is 0 Å². The van der Waals surface area contributed by atoms with Gasteiger partial charge in [0, 0.05) is 18.3 Å². The van der Waals surface area contributed by atoms with Crippen molar-refractivity contribution in [1.29, 1.82) is 0 Å². The molecule has 0 N–H and O–H groups in total. The van der Waals surface area contributed by atoms with Gasteiger partial charge in [0.05, 0.1) is 10.5 Å². The van der Waals surface area contributed by atoms with Crippen molar-refractivity contribution in [2.75, 3.05) is 12.9 Å². The van der Waals surface area contributed by atoms with E-state index in [4.69, 9.17) is 4.74 Å². The lowest BCUT2D eigenvalue weighted by Gasteiger charge is -2.30. The molecule has 0 aliphatic rings. The normalized spacial score (nSPS) is 11.6. The summed E-state index contributed by atoms with van der Waals surface area (Å²) < 4.78 is 28.4. The second-order valence-corrected chi connectivity index (χ2v) is 7.82. The smallest absolute Gasteiger partial charge is 0.339 e. The number of esters is 1. The summed E-state index contributed by atoms with van der Waals surface area (Å²) in [5, 5.41) is 0. The third-order valence-electron chi connectivity index (χ3n) is 3.23. The van der Waals surface area contributed by atoms with Crippen molar-refractivity contribution in [3.8, 4) is 0 Å². The molecule has 0 saturated heterocycles. The van der Waals surface area contributed by atoms with E-state index < -0.39 is 22.4 Å². The van der Waals surface area contributed by atoms with Gasteiger partial charge in [-0.25, -0.2) is 13.2 Å². The van der Waals surface area contributed by atoms with Crippen molar-refractivity contribution in [3.63, 3.8) is 0 Å². The Labute approximate surface area is 137 Å². The molecule has 0 aliphatic carbocycles. The maximum absolute atomic E-state index is 12.2. The van der Waals surface area contributed by atoms with Crippen LogP contribution in [0.25, 0.3) is 0 Å². The van der Waals surface area contributed by atoms with Gasteiger partial charge in [0.25, 0.3) is 5.91 Å². The summed E-state index contributed by atoms with van der Waals surface area (Å²) in [5.41, 5.74) is -0.0663. The number of hydrogen-bond donors (Lipinski definition) is 0. The van der Waals surface area contributed by atoms with Gasteiger partial charge in [-0.05, 0) is 39.8 Å². The fourth-order valence-electron chi connectivity index (χ4n) is 2.41. The van der Waals surface area contributed by atoms with Gasteiger partial charge in [0.2, 0.25) is 0 Å². The largest absolute Gasteiger partial charge is 0.452 e. The molecule has 6 nitrogen and oxygen atoms in total. The summed E-state index contributed by atoms with van der Waals surface area (Å²) in [5.74, 6) is -1.15. The molecule has 0 spiro atoms. The molecule has 0 fully saturated rings. The number of rotatable bonds is 6. The Morgan fingerprint density at radius 3 is 2.09 bits per heavy atom. The van der Waals surface area contributed by atoms with Gasteiger partial charge < -0.3 is 9.64 Å². The van der Waals surface area contributed by atoms with Crippen LogP contribution in [0.2, 0.25) is 0 Å². The lowest BCUT2D eigenvalue weighted by atomic mass is 10.2. The summed E-state index contributed by atoms with van der Waals surface area (Å²) in [7, 11) is -3.56. The highest BCUT2D eigenvalue weighted by Gasteiger charge is 2.23. The molecular weight excluding hydrogens is 318 g/mol. The highest BCUT2D eigenvalue weighted by Crippen LogP contribution is 2.16. The average Bonchev–Trinajstić information content (AvgIpc) is 2.43. The zero-order valence-electron chi connectivity index (χ0n) is 14.1. The molecule has 1 rings (SSSR count). The van der Waals surface area contributed by atoms with Crippen LogP contribution < -0.4 is 0 Å². The summed E-state index contributed by atoms with van der Waals surface area (Å²) in [6, 6.07) is 5.72. The molecule has 0 unspecified atom stereocenters. The standard InChI is InChI=1S/C16H23NO5S/c1-11(2)17(12(3)4)15(18)10-22-16(19)13-8-6-7-9-14(13)23(5,20)21/h6-9,11-12H,10H2,1-5H3. The Hall–Kier alpha value is -1.89. The van der Waals surface area contributed by atoms with E-state index in [9.17, 15) is 18.0 Å². The summed E-state index contributed by atoms with van der Waals surface area (Å²) in [6.45, 7) is 7.07. The predicted molar refractivity (Wildman–Crippen MR) is 87.0 cm³/mol. The number of benzene rings is 1. The molecule has 0 atom stereocenters. The van der Waals surface area contributed by atoms with Crippen LogP contribution in [0.15, 0.2) is 29.2 Å². The Morgan fingerprint density at radius 1 is 1.09 bits per heavy atom. The van der Waals surface area contributed by atoms with Crippen LogP contribution in [0.1, 0.15) is 38.1 Å². The minimum atomic E-state index is -3.56. The monoisotopic (exact) mass is 341 g/mol. The van der Waals surface area contributed by atoms with Crippen LogP contribution in [-0.4, -0.2) is 50.1 Å². The first-order valence-electron chi connectivity index (χ1n) is 7.33. The number of hydrogen-bond acceptors (Lipinski definition) is 5. The van der Waals surface area contributed by atoms with E-state index in [1.807, 2.05) is 27.7 Å². The van der Waals surface area contributed by atoms with Crippen LogP contribution in [-0.2, 0) is 19.4 Å². The van der Waals surface area contributed by atoms with Crippen LogP contribution >= 0.6 is 0 Å². The van der Waals surface area contributed by atoms with E-state index in [1.54, 1.807) is 11.0 Å². The molecule has 1 aromatic carbocycles. The molecule has 0 radical (unpaired) electrons. The minimum absolute atomic E-state index is 0.0236. The van der Waals surface area contributed by atoms with E-state index in [-0.39, 0.29) is 28.4 Å². The molecule has 128 valence electrons. The van der Waals surface area contributed by atoms with Gasteiger partial charge in [-0.15, -0.1) is 0 Å². The lowest BCUT2D eigenvalue weighted by Crippen LogP contribution is -2.44. The molecule has 0 bridgehead atoms. The molecular formula is C16H23NO5S. The van der Waals surface area contributed by atoms with Crippen LogP contribution in [0, 0.1) is 0 Å². The highest BCUT2D eigenvalue weighted by atomic mass is 32.2. The van der Waals surface area contributed by atoms with Crippen molar-refractivity contribution in [2.45, 2.75) is 44.7 Å².